The third-order valence-electron chi connectivity index (χ3n) is 4.99. The van der Waals surface area contributed by atoms with Crippen molar-refractivity contribution in [2.75, 3.05) is 5.75 Å². The van der Waals surface area contributed by atoms with Gasteiger partial charge in [0.2, 0.25) is 0 Å². The monoisotopic (exact) mass is 425 g/mol. The highest BCUT2D eigenvalue weighted by atomic mass is 32.2. The van der Waals surface area contributed by atoms with E-state index in [0.717, 1.165) is 24.5 Å². The summed E-state index contributed by atoms with van der Waals surface area (Å²) >= 11 is 0. The van der Waals surface area contributed by atoms with Gasteiger partial charge >= 0.3 is 6.18 Å². The molecule has 0 atom stereocenters. The summed E-state index contributed by atoms with van der Waals surface area (Å²) in [6.07, 6.45) is 0.710. The molecule has 0 bridgehead atoms. The molecule has 5 nitrogen and oxygen atoms in total. The molecular weight excluding hydrogens is 403 g/mol. The van der Waals surface area contributed by atoms with Gasteiger partial charge in [-0.05, 0) is 43.4 Å². The highest BCUT2D eigenvalue weighted by Crippen LogP contribution is 2.40. The van der Waals surface area contributed by atoms with Crippen LogP contribution < -0.4 is 0 Å². The molecule has 0 unspecified atom stereocenters. The van der Waals surface area contributed by atoms with Crippen molar-refractivity contribution in [1.82, 2.24) is 14.5 Å². The van der Waals surface area contributed by atoms with Crippen molar-refractivity contribution in [3.05, 3.63) is 52.9 Å². The van der Waals surface area contributed by atoms with E-state index >= 15 is 0 Å². The number of hydrogen-bond acceptors (Lipinski definition) is 4. The molecule has 29 heavy (non-hydrogen) atoms. The molecule has 2 heterocycles. The second kappa shape index (κ2) is 7.44. The number of rotatable bonds is 6. The molecule has 0 radical (unpaired) electrons. The maximum Gasteiger partial charge on any atom is 0.416 e. The molecule has 0 amide bonds. The Morgan fingerprint density at radius 2 is 2.03 bits per heavy atom. The van der Waals surface area contributed by atoms with Crippen LogP contribution >= 0.6 is 0 Å². The Kier molecular flexibility index (Phi) is 5.46. The molecule has 0 aliphatic heterocycles. The van der Waals surface area contributed by atoms with E-state index in [1.165, 1.54) is 13.8 Å². The maximum atomic E-state index is 13.2. The van der Waals surface area contributed by atoms with Gasteiger partial charge in [0.1, 0.15) is 11.3 Å². The number of sulfone groups is 1. The van der Waals surface area contributed by atoms with Crippen LogP contribution in [0.4, 0.5) is 13.2 Å². The molecule has 0 aromatic carbocycles. The molecule has 3 rings (SSSR count). The number of alkyl halides is 3. The molecule has 9 heteroatoms. The van der Waals surface area contributed by atoms with Crippen LogP contribution in [0, 0.1) is 0 Å². The Bertz CT molecular complexity index is 1140. The van der Waals surface area contributed by atoms with E-state index < -0.39 is 26.5 Å². The molecule has 1 aliphatic rings. The van der Waals surface area contributed by atoms with Crippen LogP contribution in [0.3, 0.4) is 0 Å². The number of allylic oxidation sites excluding steroid dienone is 4. The summed E-state index contributed by atoms with van der Waals surface area (Å²) in [5.74, 6) is 0.266. The lowest BCUT2D eigenvalue weighted by atomic mass is 10.1. The summed E-state index contributed by atoms with van der Waals surface area (Å²) in [6, 6.07) is 1.89. The van der Waals surface area contributed by atoms with Crippen molar-refractivity contribution >= 4 is 26.6 Å². The van der Waals surface area contributed by atoms with Gasteiger partial charge in [0.15, 0.2) is 15.5 Å². The molecule has 2 aromatic heterocycles. The number of imidazole rings is 1. The number of aryl methyl sites for hydroxylation is 1. The predicted molar refractivity (Wildman–Crippen MR) is 107 cm³/mol. The Morgan fingerprint density at radius 3 is 2.55 bits per heavy atom. The van der Waals surface area contributed by atoms with Crippen molar-refractivity contribution < 1.29 is 21.6 Å². The lowest BCUT2D eigenvalue weighted by Gasteiger charge is -2.14. The lowest BCUT2D eigenvalue weighted by molar-refractivity contribution is -0.0883. The van der Waals surface area contributed by atoms with Crippen LogP contribution in [0.25, 0.3) is 16.7 Å². The van der Waals surface area contributed by atoms with Crippen LogP contribution in [0.1, 0.15) is 44.0 Å². The summed E-state index contributed by atoms with van der Waals surface area (Å²) in [5.41, 5.74) is 0.977. The minimum Gasteiger partial charge on any atom is -0.312 e. The van der Waals surface area contributed by atoms with Crippen molar-refractivity contribution in [3.8, 4) is 0 Å². The van der Waals surface area contributed by atoms with Gasteiger partial charge in [0.25, 0.3) is 0 Å². The van der Waals surface area contributed by atoms with Crippen LogP contribution in [0.5, 0.6) is 0 Å². The highest BCUT2D eigenvalue weighted by Gasteiger charge is 2.34. The van der Waals surface area contributed by atoms with Crippen molar-refractivity contribution in [2.24, 2.45) is 7.05 Å². The van der Waals surface area contributed by atoms with Gasteiger partial charge in [-0.3, -0.25) is 0 Å². The molecular formula is C20H22F3N3O2S. The van der Waals surface area contributed by atoms with E-state index in [1.807, 2.05) is 6.07 Å². The summed E-state index contributed by atoms with van der Waals surface area (Å²) < 4.78 is 66.5. The van der Waals surface area contributed by atoms with E-state index in [4.69, 9.17) is 0 Å². The zero-order valence-corrected chi connectivity index (χ0v) is 17.2. The average molecular weight is 425 g/mol. The summed E-state index contributed by atoms with van der Waals surface area (Å²) in [5, 5.41) is 0. The van der Waals surface area contributed by atoms with Crippen molar-refractivity contribution in [2.45, 2.75) is 38.8 Å². The maximum absolute atomic E-state index is 13.2. The molecule has 0 spiro atoms. The topological polar surface area (TPSA) is 64.8 Å². The third kappa shape index (κ3) is 4.14. The number of hydrogen-bond donors (Lipinski definition) is 0. The fourth-order valence-corrected chi connectivity index (χ4v) is 4.19. The molecule has 156 valence electrons. The predicted octanol–water partition coefficient (Wildman–Crippen LogP) is 4.69. The normalized spacial score (nSPS) is 16.5. The molecule has 1 saturated carbocycles. The van der Waals surface area contributed by atoms with E-state index in [2.05, 4.69) is 16.5 Å². The number of nitrogens with zero attached hydrogens (tertiary/aromatic N) is 3. The Hall–Kier alpha value is -2.42. The standard InChI is InChI=1S/C20H22F3N3O2S/c1-5-15(20(21,22)23)10-17(29(27,28)6-2)12(3)18-25-16-9-14(13-7-8-13)11-24-19(16)26(18)4/h5,9-11,13H,3,6-8H2,1-2,4H3/b15-5+,17-10+. The lowest BCUT2D eigenvalue weighted by Crippen LogP contribution is -2.15. The van der Waals surface area contributed by atoms with Gasteiger partial charge in [-0.15, -0.1) is 0 Å². The van der Waals surface area contributed by atoms with E-state index in [-0.39, 0.29) is 17.2 Å². The molecule has 1 fully saturated rings. The van der Waals surface area contributed by atoms with Gasteiger partial charge in [0, 0.05) is 18.8 Å². The third-order valence-corrected chi connectivity index (χ3v) is 6.78. The molecule has 1 aliphatic carbocycles. The number of halogens is 3. The second-order valence-electron chi connectivity index (χ2n) is 7.01. The first kappa shape index (κ1) is 21.3. The van der Waals surface area contributed by atoms with E-state index in [1.54, 1.807) is 17.8 Å². The minimum absolute atomic E-state index is 0.0936. The number of aromatic nitrogens is 3. The molecule has 2 aromatic rings. The van der Waals surface area contributed by atoms with Gasteiger partial charge < -0.3 is 4.57 Å². The molecule has 0 N–H and O–H groups in total. The number of fused-ring (bicyclic) bond motifs is 1. The van der Waals surface area contributed by atoms with E-state index in [9.17, 15) is 21.6 Å². The zero-order chi connectivity index (χ0) is 21.6. The van der Waals surface area contributed by atoms with E-state index in [0.29, 0.717) is 23.2 Å². The smallest absolute Gasteiger partial charge is 0.312 e. The van der Waals surface area contributed by atoms with Gasteiger partial charge in [-0.25, -0.2) is 18.4 Å². The summed E-state index contributed by atoms with van der Waals surface area (Å²) in [7, 11) is -2.36. The van der Waals surface area contributed by atoms with Gasteiger partial charge in [0.05, 0.1) is 16.2 Å². The van der Waals surface area contributed by atoms with Crippen molar-refractivity contribution in [3.63, 3.8) is 0 Å². The first-order chi connectivity index (χ1) is 13.5. The quantitative estimate of drug-likeness (QED) is 0.630. The second-order valence-corrected chi connectivity index (χ2v) is 9.26. The minimum atomic E-state index is -4.68. The van der Waals surface area contributed by atoms with Crippen molar-refractivity contribution in [1.29, 1.82) is 0 Å². The highest BCUT2D eigenvalue weighted by molar-refractivity contribution is 7.95. The first-order valence-corrected chi connectivity index (χ1v) is 10.8. The summed E-state index contributed by atoms with van der Waals surface area (Å²) in [6.45, 7) is 6.36. The van der Waals surface area contributed by atoms with Gasteiger partial charge in [-0.1, -0.05) is 19.6 Å². The Balaban J connectivity index is 2.14. The molecule has 0 saturated heterocycles. The fourth-order valence-electron chi connectivity index (χ4n) is 3.10. The zero-order valence-electron chi connectivity index (χ0n) is 16.4. The van der Waals surface area contributed by atoms with Crippen LogP contribution in [0.2, 0.25) is 0 Å². The number of pyridine rings is 1. The van der Waals surface area contributed by atoms with Crippen LogP contribution in [0.15, 0.2) is 41.5 Å². The average Bonchev–Trinajstić information content (AvgIpc) is 3.45. The fraction of sp³-hybridized carbons (Fsp3) is 0.400. The van der Waals surface area contributed by atoms with Crippen LogP contribution in [-0.4, -0.2) is 34.9 Å². The van der Waals surface area contributed by atoms with Gasteiger partial charge in [-0.2, -0.15) is 13.2 Å². The SMILES string of the molecule is C=C(/C(=C\C(=C/C)C(F)(F)F)S(=O)(=O)CC)c1nc2cc(C3CC3)cnc2n1C. The first-order valence-electron chi connectivity index (χ1n) is 9.19. The Labute approximate surface area is 167 Å². The largest absolute Gasteiger partial charge is 0.416 e. The summed E-state index contributed by atoms with van der Waals surface area (Å²) in [4.78, 5) is 8.35. The van der Waals surface area contributed by atoms with Crippen LogP contribution in [-0.2, 0) is 16.9 Å². The Morgan fingerprint density at radius 1 is 1.38 bits per heavy atom.